The van der Waals surface area contributed by atoms with Crippen molar-refractivity contribution in [3.63, 3.8) is 0 Å². The van der Waals surface area contributed by atoms with Gasteiger partial charge < -0.3 is 0 Å². The van der Waals surface area contributed by atoms with Crippen LogP contribution in [0.1, 0.15) is 0 Å². The van der Waals surface area contributed by atoms with Gasteiger partial charge in [0.1, 0.15) is 0 Å². The first-order valence-electron chi connectivity index (χ1n) is 6.73. The van der Waals surface area contributed by atoms with Crippen molar-refractivity contribution in [2.75, 3.05) is 0 Å². The summed E-state index contributed by atoms with van der Waals surface area (Å²) in [5.41, 5.74) is 2.60. The van der Waals surface area contributed by atoms with Gasteiger partial charge in [-0.15, -0.1) is 0 Å². The van der Waals surface area contributed by atoms with Gasteiger partial charge in [0, 0.05) is 0 Å². The monoisotopic (exact) mass is 376 g/mol. The van der Waals surface area contributed by atoms with E-state index in [1.807, 2.05) is 0 Å². The van der Waals surface area contributed by atoms with E-state index >= 15 is 0 Å². The average molecular weight is 375 g/mol. The second-order valence-corrected chi connectivity index (χ2v) is 16.6. The van der Waals surface area contributed by atoms with Crippen LogP contribution >= 0.6 is 0 Å². The first-order chi connectivity index (χ1) is 9.00. The molecule has 0 saturated carbocycles. The Hall–Kier alpha value is -0.544. The molecule has 0 aliphatic heterocycles. The average Bonchev–Trinajstić information content (AvgIpc) is 2.39. The second-order valence-electron chi connectivity index (χ2n) is 5.44. The Morgan fingerprint density at radius 1 is 0.684 bits per heavy atom. The van der Waals surface area contributed by atoms with Crippen molar-refractivity contribution in [3.05, 3.63) is 54.6 Å². The molecule has 0 aromatic heterocycles. The molecule has 100 valence electrons. The molecule has 0 fully saturated rings. The summed E-state index contributed by atoms with van der Waals surface area (Å²) in [4.78, 5) is 7.09. The van der Waals surface area contributed by atoms with Crippen LogP contribution in [0.15, 0.2) is 54.6 Å². The SMILES string of the molecule is C[Si](C)c1ccc(-c2ccccc2)cc1.[CH3][Sn]([CH3])[CH3]. The predicted octanol–water partition coefficient (Wildman–Crippen LogP) is 4.69. The van der Waals surface area contributed by atoms with Gasteiger partial charge in [-0.1, -0.05) is 72.9 Å². The number of hydrogen-bond donors (Lipinski definition) is 0. The van der Waals surface area contributed by atoms with Crippen LogP contribution in [0.2, 0.25) is 27.9 Å². The molecule has 2 heteroatoms. The zero-order chi connectivity index (χ0) is 14.3. The number of hydrogen-bond acceptors (Lipinski definition) is 0. The molecule has 19 heavy (non-hydrogen) atoms. The van der Waals surface area contributed by atoms with Gasteiger partial charge in [0.15, 0.2) is 0 Å². The molecule has 0 aliphatic carbocycles. The maximum atomic E-state index is 2.36. The zero-order valence-corrected chi connectivity index (χ0v) is 16.6. The first-order valence-corrected chi connectivity index (χ1v) is 17.8. The van der Waals surface area contributed by atoms with Crippen LogP contribution in [0.3, 0.4) is 0 Å². The maximum absolute atomic E-state index is 2.36. The van der Waals surface area contributed by atoms with Gasteiger partial charge in [0.05, 0.1) is 8.80 Å². The summed E-state index contributed by atoms with van der Waals surface area (Å²) in [6.07, 6.45) is 0. The van der Waals surface area contributed by atoms with Crippen LogP contribution in [-0.2, 0) is 0 Å². The van der Waals surface area contributed by atoms with Gasteiger partial charge in [-0.05, 0) is 11.1 Å². The molecule has 2 aromatic carbocycles. The quantitative estimate of drug-likeness (QED) is 0.669. The first kappa shape index (κ1) is 16.5. The Balaban J connectivity index is 0.000000399. The van der Waals surface area contributed by atoms with E-state index in [2.05, 4.69) is 82.5 Å². The van der Waals surface area contributed by atoms with Crippen molar-refractivity contribution in [1.82, 2.24) is 0 Å². The molecular weight excluding hydrogens is 351 g/mol. The fourth-order valence-electron chi connectivity index (χ4n) is 1.63. The molecule has 0 spiro atoms. The van der Waals surface area contributed by atoms with Crippen LogP contribution < -0.4 is 5.19 Å². The molecule has 0 atom stereocenters. The van der Waals surface area contributed by atoms with Crippen molar-refractivity contribution in [3.8, 4) is 11.1 Å². The molecule has 2 rings (SSSR count). The van der Waals surface area contributed by atoms with Crippen molar-refractivity contribution in [2.45, 2.75) is 27.9 Å². The summed E-state index contributed by atoms with van der Waals surface area (Å²) >= 11 is -0.543. The molecule has 0 unspecified atom stereocenters. The summed E-state index contributed by atoms with van der Waals surface area (Å²) in [7, 11) is -0.310. The minimum atomic E-state index is -0.543. The third-order valence-corrected chi connectivity index (χ3v) is 4.06. The van der Waals surface area contributed by atoms with Crippen LogP contribution in [0.25, 0.3) is 11.1 Å². The van der Waals surface area contributed by atoms with E-state index in [0.717, 1.165) is 0 Å². The Kier molecular flexibility index (Phi) is 7.47. The molecule has 0 N–H and O–H groups in total. The van der Waals surface area contributed by atoms with Crippen LogP contribution in [0.5, 0.6) is 0 Å². The zero-order valence-electron chi connectivity index (χ0n) is 12.7. The van der Waals surface area contributed by atoms with E-state index in [1.54, 1.807) is 0 Å². The Bertz CT molecular complexity index is 458. The molecule has 2 radical (unpaired) electrons. The summed E-state index contributed by atoms with van der Waals surface area (Å²) in [6.45, 7) is 4.64. The van der Waals surface area contributed by atoms with E-state index < -0.39 is 19.8 Å². The molecule has 0 bridgehead atoms. The summed E-state index contributed by atoms with van der Waals surface area (Å²) in [5, 5.41) is 1.50. The fourth-order valence-corrected chi connectivity index (χ4v) is 2.46. The van der Waals surface area contributed by atoms with E-state index in [-0.39, 0.29) is 8.80 Å². The van der Waals surface area contributed by atoms with Crippen molar-refractivity contribution in [1.29, 1.82) is 0 Å². The van der Waals surface area contributed by atoms with E-state index in [9.17, 15) is 0 Å². The van der Waals surface area contributed by atoms with Crippen molar-refractivity contribution < 1.29 is 0 Å². The normalized spacial score (nSPS) is 10.3. The van der Waals surface area contributed by atoms with Gasteiger partial charge in [-0.25, -0.2) is 0 Å². The van der Waals surface area contributed by atoms with Crippen molar-refractivity contribution >= 4 is 33.7 Å². The molecule has 0 saturated heterocycles. The molecular formula is C17H24SiSn. The third kappa shape index (κ3) is 6.43. The topological polar surface area (TPSA) is 0 Å². The van der Waals surface area contributed by atoms with Gasteiger partial charge in [-0.2, -0.15) is 0 Å². The van der Waals surface area contributed by atoms with Crippen LogP contribution in [0, 0.1) is 0 Å². The summed E-state index contributed by atoms with van der Waals surface area (Å²) < 4.78 is 0. The van der Waals surface area contributed by atoms with Gasteiger partial charge in [0.25, 0.3) is 0 Å². The number of benzene rings is 2. The molecule has 2 aromatic rings. The van der Waals surface area contributed by atoms with Gasteiger partial charge in [-0.3, -0.25) is 0 Å². The Labute approximate surface area is 127 Å². The van der Waals surface area contributed by atoms with Crippen LogP contribution in [0.4, 0.5) is 0 Å². The van der Waals surface area contributed by atoms with E-state index in [0.29, 0.717) is 0 Å². The molecule has 0 heterocycles. The fraction of sp³-hybridized carbons (Fsp3) is 0.294. The molecule has 0 amide bonds. The Morgan fingerprint density at radius 3 is 1.53 bits per heavy atom. The second kappa shape index (κ2) is 8.59. The Morgan fingerprint density at radius 2 is 1.11 bits per heavy atom. The van der Waals surface area contributed by atoms with Crippen molar-refractivity contribution in [2.24, 2.45) is 0 Å². The number of rotatable bonds is 2. The van der Waals surface area contributed by atoms with E-state index in [1.165, 1.54) is 16.3 Å². The van der Waals surface area contributed by atoms with Gasteiger partial charge >= 0.3 is 34.6 Å². The van der Waals surface area contributed by atoms with Gasteiger partial charge in [0.2, 0.25) is 0 Å². The minimum absolute atomic E-state index is 0.310. The molecule has 0 nitrogen and oxygen atoms in total. The summed E-state index contributed by atoms with van der Waals surface area (Å²) in [6, 6.07) is 19.5. The van der Waals surface area contributed by atoms with Crippen LogP contribution in [-0.4, -0.2) is 28.6 Å². The predicted molar refractivity (Wildman–Crippen MR) is 92.3 cm³/mol. The summed E-state index contributed by atoms with van der Waals surface area (Å²) in [5.74, 6) is 0. The standard InChI is InChI=1S/C14H15Si.3CH3.Sn/c1-15(2)14-10-8-13(9-11-14)12-6-4-3-5-7-12;;;;/h3-11H,1-2H3;3*1H3;. The third-order valence-electron chi connectivity index (χ3n) is 2.57. The van der Waals surface area contributed by atoms with E-state index in [4.69, 9.17) is 0 Å². The molecule has 0 aliphatic rings.